The summed E-state index contributed by atoms with van der Waals surface area (Å²) in [7, 11) is 1.69. The first-order chi connectivity index (χ1) is 11.3. The molecule has 0 aliphatic carbocycles. The Hall–Kier alpha value is -2.11. The highest BCUT2D eigenvalue weighted by atomic mass is 16.7. The molecule has 2 heterocycles. The first kappa shape index (κ1) is 15.8. The SMILES string of the molecule is COC1(Oc2ccccn2)CCN(CCOc2ccccc2)C1. The van der Waals surface area contributed by atoms with Gasteiger partial charge in [-0.1, -0.05) is 24.3 Å². The van der Waals surface area contributed by atoms with Gasteiger partial charge >= 0.3 is 0 Å². The van der Waals surface area contributed by atoms with Crippen molar-refractivity contribution in [2.75, 3.05) is 33.4 Å². The summed E-state index contributed by atoms with van der Waals surface area (Å²) in [6.07, 6.45) is 2.53. The van der Waals surface area contributed by atoms with E-state index < -0.39 is 5.79 Å². The van der Waals surface area contributed by atoms with E-state index in [9.17, 15) is 0 Å². The van der Waals surface area contributed by atoms with Crippen LogP contribution < -0.4 is 9.47 Å². The van der Waals surface area contributed by atoms with Gasteiger partial charge in [-0.05, 0) is 18.2 Å². The van der Waals surface area contributed by atoms with E-state index in [1.807, 2.05) is 48.5 Å². The normalized spacial score (nSPS) is 21.3. The largest absolute Gasteiger partial charge is 0.492 e. The standard InChI is InChI=1S/C18H22N2O3/c1-21-18(23-17-9-5-6-11-19-17)10-12-20(15-18)13-14-22-16-7-3-2-4-8-16/h2-9,11H,10,12-15H2,1H3. The third-order valence-corrected chi connectivity index (χ3v) is 3.99. The summed E-state index contributed by atoms with van der Waals surface area (Å²) in [6.45, 7) is 3.11. The highest BCUT2D eigenvalue weighted by Crippen LogP contribution is 2.27. The molecular formula is C18H22N2O3. The number of ether oxygens (including phenoxy) is 3. The Morgan fingerprint density at radius 2 is 1.96 bits per heavy atom. The van der Waals surface area contributed by atoms with Gasteiger partial charge in [-0.25, -0.2) is 4.98 Å². The summed E-state index contributed by atoms with van der Waals surface area (Å²) in [5.74, 6) is 0.868. The van der Waals surface area contributed by atoms with Crippen LogP contribution in [0.1, 0.15) is 6.42 Å². The fraction of sp³-hybridized carbons (Fsp3) is 0.389. The van der Waals surface area contributed by atoms with Gasteiger partial charge in [-0.2, -0.15) is 0 Å². The van der Waals surface area contributed by atoms with Crippen molar-refractivity contribution in [1.82, 2.24) is 9.88 Å². The second-order valence-corrected chi connectivity index (χ2v) is 5.57. The molecule has 0 N–H and O–H groups in total. The van der Waals surface area contributed by atoms with Gasteiger partial charge in [0.15, 0.2) is 0 Å². The van der Waals surface area contributed by atoms with Gasteiger partial charge in [0.1, 0.15) is 12.4 Å². The van der Waals surface area contributed by atoms with E-state index in [0.717, 1.165) is 25.3 Å². The number of rotatable bonds is 7. The molecule has 0 spiro atoms. The molecule has 5 heteroatoms. The Morgan fingerprint density at radius 3 is 2.70 bits per heavy atom. The van der Waals surface area contributed by atoms with Crippen molar-refractivity contribution >= 4 is 0 Å². The summed E-state index contributed by atoms with van der Waals surface area (Å²) >= 11 is 0. The van der Waals surface area contributed by atoms with Crippen molar-refractivity contribution in [3.05, 3.63) is 54.7 Å². The molecular weight excluding hydrogens is 292 g/mol. The molecule has 1 aliphatic heterocycles. The molecule has 0 radical (unpaired) electrons. The van der Waals surface area contributed by atoms with E-state index in [0.29, 0.717) is 19.0 Å². The van der Waals surface area contributed by atoms with E-state index >= 15 is 0 Å². The van der Waals surface area contributed by atoms with Crippen LogP contribution in [0.5, 0.6) is 11.6 Å². The van der Waals surface area contributed by atoms with E-state index in [4.69, 9.17) is 14.2 Å². The zero-order valence-electron chi connectivity index (χ0n) is 13.4. The zero-order chi connectivity index (χ0) is 16.0. The summed E-state index contributed by atoms with van der Waals surface area (Å²) < 4.78 is 17.4. The Bertz CT molecular complexity index is 594. The van der Waals surface area contributed by atoms with Crippen molar-refractivity contribution in [3.8, 4) is 11.6 Å². The zero-order valence-corrected chi connectivity index (χ0v) is 13.4. The molecule has 0 amide bonds. The van der Waals surface area contributed by atoms with Gasteiger partial charge in [0, 0.05) is 38.9 Å². The van der Waals surface area contributed by atoms with Crippen LogP contribution in [-0.2, 0) is 4.74 Å². The van der Waals surface area contributed by atoms with Crippen LogP contribution >= 0.6 is 0 Å². The molecule has 0 bridgehead atoms. The van der Waals surface area contributed by atoms with Gasteiger partial charge in [0.05, 0.1) is 6.54 Å². The summed E-state index contributed by atoms with van der Waals surface area (Å²) in [6, 6.07) is 15.5. The fourth-order valence-electron chi connectivity index (χ4n) is 2.72. The Labute approximate surface area is 136 Å². The number of para-hydroxylation sites is 1. The molecule has 23 heavy (non-hydrogen) atoms. The monoisotopic (exact) mass is 314 g/mol. The van der Waals surface area contributed by atoms with Crippen LogP contribution in [0.3, 0.4) is 0 Å². The minimum absolute atomic E-state index is 0.594. The average Bonchev–Trinajstić information content (AvgIpc) is 3.00. The lowest BCUT2D eigenvalue weighted by atomic mass is 10.2. The maximum absolute atomic E-state index is 5.99. The second kappa shape index (κ2) is 7.44. The van der Waals surface area contributed by atoms with Crippen LogP contribution in [0.2, 0.25) is 0 Å². The van der Waals surface area contributed by atoms with Crippen molar-refractivity contribution in [3.63, 3.8) is 0 Å². The van der Waals surface area contributed by atoms with E-state index in [1.54, 1.807) is 13.3 Å². The number of hydrogen-bond donors (Lipinski definition) is 0. The van der Waals surface area contributed by atoms with Gasteiger partial charge in [-0.15, -0.1) is 0 Å². The molecule has 1 aliphatic rings. The molecule has 3 rings (SSSR count). The van der Waals surface area contributed by atoms with Crippen LogP contribution in [-0.4, -0.2) is 49.0 Å². The first-order valence-corrected chi connectivity index (χ1v) is 7.85. The van der Waals surface area contributed by atoms with Gasteiger partial charge in [-0.3, -0.25) is 4.90 Å². The Kier molecular flexibility index (Phi) is 5.10. The number of likely N-dealkylation sites (tertiary alicyclic amines) is 1. The number of aromatic nitrogens is 1. The van der Waals surface area contributed by atoms with Gasteiger partial charge < -0.3 is 14.2 Å². The molecule has 1 fully saturated rings. The van der Waals surface area contributed by atoms with Crippen molar-refractivity contribution < 1.29 is 14.2 Å². The number of pyridine rings is 1. The third-order valence-electron chi connectivity index (χ3n) is 3.99. The third kappa shape index (κ3) is 4.21. The molecule has 1 aromatic heterocycles. The Balaban J connectivity index is 1.50. The van der Waals surface area contributed by atoms with Crippen molar-refractivity contribution in [2.45, 2.75) is 12.2 Å². The molecule has 5 nitrogen and oxygen atoms in total. The van der Waals surface area contributed by atoms with Crippen LogP contribution in [0, 0.1) is 0 Å². The van der Waals surface area contributed by atoms with Crippen molar-refractivity contribution in [1.29, 1.82) is 0 Å². The molecule has 122 valence electrons. The molecule has 1 atom stereocenters. The van der Waals surface area contributed by atoms with E-state index in [2.05, 4.69) is 9.88 Å². The number of benzene rings is 1. The lowest BCUT2D eigenvalue weighted by Crippen LogP contribution is -2.42. The van der Waals surface area contributed by atoms with Gasteiger partial charge in [0.25, 0.3) is 0 Å². The molecule has 1 aromatic carbocycles. The molecule has 1 unspecified atom stereocenters. The van der Waals surface area contributed by atoms with Crippen LogP contribution in [0.25, 0.3) is 0 Å². The maximum atomic E-state index is 5.99. The van der Waals surface area contributed by atoms with Crippen LogP contribution in [0.15, 0.2) is 54.7 Å². The first-order valence-electron chi connectivity index (χ1n) is 7.85. The smallest absolute Gasteiger partial charge is 0.226 e. The second-order valence-electron chi connectivity index (χ2n) is 5.57. The van der Waals surface area contributed by atoms with Gasteiger partial charge in [0.2, 0.25) is 11.7 Å². The number of hydrogen-bond acceptors (Lipinski definition) is 5. The molecule has 2 aromatic rings. The fourth-order valence-corrected chi connectivity index (χ4v) is 2.72. The maximum Gasteiger partial charge on any atom is 0.226 e. The lowest BCUT2D eigenvalue weighted by Gasteiger charge is -2.28. The summed E-state index contributed by atoms with van der Waals surface area (Å²) in [4.78, 5) is 6.50. The van der Waals surface area contributed by atoms with E-state index in [1.165, 1.54) is 0 Å². The van der Waals surface area contributed by atoms with E-state index in [-0.39, 0.29) is 0 Å². The number of nitrogens with zero attached hydrogens (tertiary/aromatic N) is 2. The molecule has 1 saturated heterocycles. The predicted molar refractivity (Wildman–Crippen MR) is 87.6 cm³/mol. The minimum atomic E-state index is -0.624. The lowest BCUT2D eigenvalue weighted by molar-refractivity contribution is -0.154. The highest BCUT2D eigenvalue weighted by molar-refractivity contribution is 5.20. The topological polar surface area (TPSA) is 43.8 Å². The predicted octanol–water partition coefficient (Wildman–Crippen LogP) is 2.59. The van der Waals surface area contributed by atoms with Crippen molar-refractivity contribution in [2.24, 2.45) is 0 Å². The van der Waals surface area contributed by atoms with Crippen LogP contribution in [0.4, 0.5) is 0 Å². The quantitative estimate of drug-likeness (QED) is 0.735. The summed E-state index contributed by atoms with van der Waals surface area (Å²) in [5.41, 5.74) is 0. The highest BCUT2D eigenvalue weighted by Gasteiger charge is 2.40. The Morgan fingerprint density at radius 1 is 1.13 bits per heavy atom. The summed E-state index contributed by atoms with van der Waals surface area (Å²) in [5, 5.41) is 0. The average molecular weight is 314 g/mol. The minimum Gasteiger partial charge on any atom is -0.492 e. The number of methoxy groups -OCH3 is 1. The molecule has 0 saturated carbocycles.